The van der Waals surface area contributed by atoms with Crippen molar-refractivity contribution in [2.75, 3.05) is 10.6 Å². The van der Waals surface area contributed by atoms with E-state index in [9.17, 15) is 0 Å². The fourth-order valence-corrected chi connectivity index (χ4v) is 2.46. The minimum absolute atomic E-state index is 0.693. The molecule has 2 aromatic carbocycles. The summed E-state index contributed by atoms with van der Waals surface area (Å²) in [5, 5.41) is 6.48. The highest BCUT2D eigenvalue weighted by Gasteiger charge is 2.02. The third-order valence-electron chi connectivity index (χ3n) is 3.73. The molecule has 0 aliphatic carbocycles. The number of nitrogens with one attached hydrogen (secondary N) is 2. The highest BCUT2D eigenvalue weighted by atomic mass is 16.5. The molecular weight excluding hydrogens is 338 g/mol. The number of ether oxygens (including phenoxy) is 1. The van der Waals surface area contributed by atoms with Gasteiger partial charge in [-0.2, -0.15) is 0 Å². The molecule has 132 valence electrons. The van der Waals surface area contributed by atoms with Gasteiger partial charge in [0.15, 0.2) is 0 Å². The predicted molar refractivity (Wildman–Crippen MR) is 106 cm³/mol. The second kappa shape index (κ2) is 7.97. The van der Waals surface area contributed by atoms with Gasteiger partial charge in [-0.05, 0) is 48.5 Å². The van der Waals surface area contributed by atoms with Gasteiger partial charge in [0, 0.05) is 29.8 Å². The monoisotopic (exact) mass is 355 g/mol. The van der Waals surface area contributed by atoms with E-state index in [0.717, 1.165) is 22.9 Å². The maximum Gasteiger partial charge on any atom is 0.135 e. The Balaban J connectivity index is 1.42. The lowest BCUT2D eigenvalue weighted by atomic mass is 10.3. The number of anilines is 4. The molecule has 0 aliphatic heterocycles. The number of nitrogens with zero attached hydrogens (tertiary/aromatic N) is 3. The third-order valence-corrected chi connectivity index (χ3v) is 3.73. The largest absolute Gasteiger partial charge is 0.457 e. The molecule has 6 heteroatoms. The van der Waals surface area contributed by atoms with Crippen LogP contribution >= 0.6 is 0 Å². The number of para-hydroxylation sites is 1. The molecular formula is C21H17N5O. The molecule has 0 saturated heterocycles. The fourth-order valence-electron chi connectivity index (χ4n) is 2.46. The normalized spacial score (nSPS) is 10.2. The van der Waals surface area contributed by atoms with Crippen molar-refractivity contribution >= 4 is 23.0 Å². The minimum atomic E-state index is 0.693. The van der Waals surface area contributed by atoms with E-state index in [1.807, 2.05) is 72.8 Å². The summed E-state index contributed by atoms with van der Waals surface area (Å²) in [7, 11) is 0. The smallest absolute Gasteiger partial charge is 0.135 e. The van der Waals surface area contributed by atoms with Crippen molar-refractivity contribution < 1.29 is 4.74 Å². The van der Waals surface area contributed by atoms with Crippen molar-refractivity contribution in [3.63, 3.8) is 0 Å². The van der Waals surface area contributed by atoms with Crippen LogP contribution in [0.4, 0.5) is 23.0 Å². The first kappa shape index (κ1) is 16.5. The van der Waals surface area contributed by atoms with Crippen molar-refractivity contribution in [3.05, 3.63) is 91.5 Å². The molecule has 0 radical (unpaired) electrons. The predicted octanol–water partition coefficient (Wildman–Crippen LogP) is 5.15. The van der Waals surface area contributed by atoms with Gasteiger partial charge in [-0.15, -0.1) is 0 Å². The maximum absolute atomic E-state index is 5.80. The molecule has 4 rings (SSSR count). The molecule has 0 spiro atoms. The Morgan fingerprint density at radius 3 is 1.89 bits per heavy atom. The molecule has 0 atom stereocenters. The molecule has 0 bridgehead atoms. The Morgan fingerprint density at radius 1 is 0.630 bits per heavy atom. The van der Waals surface area contributed by atoms with Crippen LogP contribution in [0.3, 0.4) is 0 Å². The molecule has 0 saturated carbocycles. The number of benzene rings is 2. The summed E-state index contributed by atoms with van der Waals surface area (Å²) < 4.78 is 5.80. The van der Waals surface area contributed by atoms with Gasteiger partial charge in [0.25, 0.3) is 0 Å². The summed E-state index contributed by atoms with van der Waals surface area (Å²) in [6.45, 7) is 0. The van der Waals surface area contributed by atoms with Crippen LogP contribution < -0.4 is 15.4 Å². The van der Waals surface area contributed by atoms with Crippen molar-refractivity contribution in [1.29, 1.82) is 0 Å². The SMILES string of the molecule is c1ccc(Oc2ccc(Nc3cc(Nc4ccncc4)ncn3)cc2)cc1. The second-order valence-electron chi connectivity index (χ2n) is 5.71. The Bertz CT molecular complexity index is 992. The van der Waals surface area contributed by atoms with Gasteiger partial charge >= 0.3 is 0 Å². The standard InChI is InChI=1S/C21H17N5O/c1-2-4-18(5-3-1)27-19-8-6-16(7-9-19)25-20-14-21(24-15-23-20)26-17-10-12-22-13-11-17/h1-15H,(H2,22,23,24,25,26). The molecule has 27 heavy (non-hydrogen) atoms. The summed E-state index contributed by atoms with van der Waals surface area (Å²) >= 11 is 0. The average molecular weight is 355 g/mol. The molecule has 0 aliphatic rings. The molecule has 4 aromatic rings. The van der Waals surface area contributed by atoms with E-state index in [4.69, 9.17) is 4.74 Å². The molecule has 0 fully saturated rings. The zero-order valence-electron chi connectivity index (χ0n) is 14.4. The molecule has 6 nitrogen and oxygen atoms in total. The topological polar surface area (TPSA) is 72.0 Å². The zero-order valence-corrected chi connectivity index (χ0v) is 14.4. The van der Waals surface area contributed by atoms with E-state index in [1.54, 1.807) is 12.4 Å². The van der Waals surface area contributed by atoms with Crippen molar-refractivity contribution in [2.45, 2.75) is 0 Å². The van der Waals surface area contributed by atoms with Crippen LogP contribution in [0.1, 0.15) is 0 Å². The first-order valence-electron chi connectivity index (χ1n) is 8.44. The van der Waals surface area contributed by atoms with Crippen LogP contribution in [-0.4, -0.2) is 15.0 Å². The van der Waals surface area contributed by atoms with Crippen molar-refractivity contribution in [1.82, 2.24) is 15.0 Å². The van der Waals surface area contributed by atoms with Gasteiger partial charge in [0.1, 0.15) is 29.5 Å². The minimum Gasteiger partial charge on any atom is -0.457 e. The van der Waals surface area contributed by atoms with Crippen LogP contribution in [0.25, 0.3) is 0 Å². The Hall–Kier alpha value is -3.93. The second-order valence-corrected chi connectivity index (χ2v) is 5.71. The molecule has 2 aromatic heterocycles. The van der Waals surface area contributed by atoms with Gasteiger partial charge < -0.3 is 15.4 Å². The maximum atomic E-state index is 5.80. The Labute approximate surface area is 156 Å². The summed E-state index contributed by atoms with van der Waals surface area (Å²) in [4.78, 5) is 12.5. The van der Waals surface area contributed by atoms with E-state index in [-0.39, 0.29) is 0 Å². The summed E-state index contributed by atoms with van der Waals surface area (Å²) in [5.41, 5.74) is 1.82. The van der Waals surface area contributed by atoms with Gasteiger partial charge in [-0.25, -0.2) is 9.97 Å². The highest BCUT2D eigenvalue weighted by molar-refractivity contribution is 5.63. The van der Waals surface area contributed by atoms with E-state index in [1.165, 1.54) is 6.33 Å². The van der Waals surface area contributed by atoms with Gasteiger partial charge in [-0.1, -0.05) is 18.2 Å². The molecule has 2 N–H and O–H groups in total. The van der Waals surface area contributed by atoms with Gasteiger partial charge in [0.05, 0.1) is 0 Å². The first-order valence-corrected chi connectivity index (χ1v) is 8.44. The number of rotatable bonds is 6. The number of pyridine rings is 1. The Morgan fingerprint density at radius 2 is 1.22 bits per heavy atom. The highest BCUT2D eigenvalue weighted by Crippen LogP contribution is 2.24. The van der Waals surface area contributed by atoms with Crippen LogP contribution in [0.15, 0.2) is 91.5 Å². The number of hydrogen-bond donors (Lipinski definition) is 2. The quantitative estimate of drug-likeness (QED) is 0.498. The lowest BCUT2D eigenvalue weighted by molar-refractivity contribution is 0.483. The number of aromatic nitrogens is 3. The van der Waals surface area contributed by atoms with E-state index < -0.39 is 0 Å². The van der Waals surface area contributed by atoms with Crippen LogP contribution in [0.5, 0.6) is 11.5 Å². The van der Waals surface area contributed by atoms with Crippen LogP contribution in [0, 0.1) is 0 Å². The Kier molecular flexibility index (Phi) is 4.88. The van der Waals surface area contributed by atoms with E-state index >= 15 is 0 Å². The van der Waals surface area contributed by atoms with Crippen LogP contribution in [-0.2, 0) is 0 Å². The average Bonchev–Trinajstić information content (AvgIpc) is 2.71. The molecule has 0 amide bonds. The first-order chi connectivity index (χ1) is 13.3. The molecule has 2 heterocycles. The fraction of sp³-hybridized carbons (Fsp3) is 0. The summed E-state index contributed by atoms with van der Waals surface area (Å²) in [5.74, 6) is 2.97. The zero-order chi connectivity index (χ0) is 18.3. The lowest BCUT2D eigenvalue weighted by Crippen LogP contribution is -1.98. The number of hydrogen-bond acceptors (Lipinski definition) is 6. The van der Waals surface area contributed by atoms with Crippen molar-refractivity contribution in [2.24, 2.45) is 0 Å². The van der Waals surface area contributed by atoms with E-state index in [0.29, 0.717) is 11.6 Å². The molecule has 0 unspecified atom stereocenters. The third kappa shape index (κ3) is 4.58. The van der Waals surface area contributed by atoms with Crippen molar-refractivity contribution in [3.8, 4) is 11.5 Å². The summed E-state index contributed by atoms with van der Waals surface area (Å²) in [6.07, 6.45) is 4.96. The van der Waals surface area contributed by atoms with Gasteiger partial charge in [0.2, 0.25) is 0 Å². The van der Waals surface area contributed by atoms with E-state index in [2.05, 4.69) is 25.6 Å². The summed E-state index contributed by atoms with van der Waals surface area (Å²) in [6, 6.07) is 23.0. The van der Waals surface area contributed by atoms with Gasteiger partial charge in [-0.3, -0.25) is 4.98 Å². The lowest BCUT2D eigenvalue weighted by Gasteiger charge is -2.10. The van der Waals surface area contributed by atoms with Crippen LogP contribution in [0.2, 0.25) is 0 Å².